The maximum atomic E-state index is 12.2. The average Bonchev–Trinajstić information content (AvgIpc) is 2.33. The van der Waals surface area contributed by atoms with Crippen LogP contribution in [0.2, 0.25) is 0 Å². The fourth-order valence-corrected chi connectivity index (χ4v) is 2.21. The van der Waals surface area contributed by atoms with Gasteiger partial charge in [-0.2, -0.15) is 0 Å². The van der Waals surface area contributed by atoms with Gasteiger partial charge in [-0.1, -0.05) is 12.1 Å². The van der Waals surface area contributed by atoms with E-state index in [2.05, 4.69) is 27.9 Å². The molecule has 18 heavy (non-hydrogen) atoms. The van der Waals surface area contributed by atoms with E-state index in [4.69, 9.17) is 0 Å². The number of hydrogen-bond acceptors (Lipinski definition) is 3. The van der Waals surface area contributed by atoms with Gasteiger partial charge >= 0.3 is 0 Å². The molecule has 0 atom stereocenters. The first kappa shape index (κ1) is 13.5. The van der Waals surface area contributed by atoms with Crippen LogP contribution in [-0.2, 0) is 16.1 Å². The number of amides is 2. The van der Waals surface area contributed by atoms with E-state index in [-0.39, 0.29) is 18.4 Å². The van der Waals surface area contributed by atoms with Crippen LogP contribution in [0.25, 0.3) is 0 Å². The Bertz CT molecular complexity index is 482. The first-order valence-corrected chi connectivity index (χ1v) is 6.82. The summed E-state index contributed by atoms with van der Waals surface area (Å²) in [5, 5.41) is 2.94. The molecule has 1 fully saturated rings. The molecule has 1 heterocycles. The van der Waals surface area contributed by atoms with Crippen LogP contribution in [0.5, 0.6) is 0 Å². The van der Waals surface area contributed by atoms with E-state index in [1.165, 1.54) is 4.90 Å². The van der Waals surface area contributed by atoms with Gasteiger partial charge in [0.05, 0.1) is 18.6 Å². The van der Waals surface area contributed by atoms with Crippen molar-refractivity contribution in [3.05, 3.63) is 33.4 Å². The molecule has 0 unspecified atom stereocenters. The number of piperazine rings is 1. The van der Waals surface area contributed by atoms with Crippen LogP contribution in [0.1, 0.15) is 19.4 Å². The summed E-state index contributed by atoms with van der Waals surface area (Å²) in [4.78, 5) is 25.3. The molecule has 1 saturated heterocycles. The first-order valence-electron chi connectivity index (χ1n) is 5.74. The van der Waals surface area contributed by atoms with E-state index in [1.807, 2.05) is 24.3 Å². The monoisotopic (exact) mass is 358 g/mol. The van der Waals surface area contributed by atoms with Crippen molar-refractivity contribution in [1.29, 1.82) is 0 Å². The van der Waals surface area contributed by atoms with E-state index < -0.39 is 5.54 Å². The summed E-state index contributed by atoms with van der Waals surface area (Å²) in [6.07, 6.45) is 0. The molecule has 1 aliphatic heterocycles. The third kappa shape index (κ3) is 2.72. The van der Waals surface area contributed by atoms with Gasteiger partial charge < -0.3 is 0 Å². The van der Waals surface area contributed by atoms with Gasteiger partial charge in [-0.15, -0.1) is 0 Å². The lowest BCUT2D eigenvalue weighted by Gasteiger charge is -2.36. The van der Waals surface area contributed by atoms with E-state index in [0.717, 1.165) is 9.13 Å². The number of carbonyl (C=O) groups is 2. The third-order valence-corrected chi connectivity index (χ3v) is 3.74. The molecule has 96 valence electrons. The van der Waals surface area contributed by atoms with Crippen molar-refractivity contribution in [1.82, 2.24) is 10.2 Å². The Morgan fingerprint density at radius 3 is 2.50 bits per heavy atom. The summed E-state index contributed by atoms with van der Waals surface area (Å²) in [5.41, 5.74) is 0.298. The summed E-state index contributed by atoms with van der Waals surface area (Å²) in [7, 11) is 0. The maximum absolute atomic E-state index is 12.2. The normalized spacial score (nSPS) is 19.2. The Morgan fingerprint density at radius 1 is 1.28 bits per heavy atom. The minimum absolute atomic E-state index is 0.169. The second-order valence-corrected chi connectivity index (χ2v) is 6.14. The third-order valence-electron chi connectivity index (χ3n) is 3.02. The lowest BCUT2D eigenvalue weighted by molar-refractivity contribution is -0.153. The van der Waals surface area contributed by atoms with Crippen LogP contribution in [0.3, 0.4) is 0 Å². The fraction of sp³-hybridized carbons (Fsp3) is 0.385. The number of rotatable bonds is 2. The van der Waals surface area contributed by atoms with Gasteiger partial charge in [-0.3, -0.25) is 19.8 Å². The molecule has 2 rings (SSSR count). The van der Waals surface area contributed by atoms with Gasteiger partial charge in [-0.05, 0) is 54.1 Å². The van der Waals surface area contributed by atoms with E-state index >= 15 is 0 Å². The zero-order chi connectivity index (χ0) is 13.3. The molecule has 0 aromatic heterocycles. The second-order valence-electron chi connectivity index (χ2n) is 4.89. The Hall–Kier alpha value is -0.950. The lowest BCUT2D eigenvalue weighted by Crippen LogP contribution is -2.63. The van der Waals surface area contributed by atoms with Crippen LogP contribution in [0.15, 0.2) is 24.3 Å². The molecular formula is C13H15IN2O2. The predicted molar refractivity (Wildman–Crippen MR) is 76.8 cm³/mol. The molecule has 0 radical (unpaired) electrons. The zero-order valence-corrected chi connectivity index (χ0v) is 12.5. The smallest absolute Gasteiger partial charge is 0.249 e. The maximum Gasteiger partial charge on any atom is 0.249 e. The summed E-state index contributed by atoms with van der Waals surface area (Å²) in [6.45, 7) is 4.15. The topological polar surface area (TPSA) is 49.4 Å². The Labute approximate surface area is 120 Å². The van der Waals surface area contributed by atoms with Crippen LogP contribution in [0.4, 0.5) is 0 Å². The summed E-state index contributed by atoms with van der Waals surface area (Å²) in [6, 6.07) is 7.82. The van der Waals surface area contributed by atoms with Gasteiger partial charge in [-0.25, -0.2) is 0 Å². The standard InChI is InChI=1S/C13H15IN2O2/c1-13(2)12(18)16(11(17)7-15-13)8-9-3-5-10(14)6-4-9/h3-6,15H,7-8H2,1-2H3. The molecule has 0 aliphatic carbocycles. The van der Waals surface area contributed by atoms with E-state index in [0.29, 0.717) is 6.54 Å². The van der Waals surface area contributed by atoms with Crippen LogP contribution in [-0.4, -0.2) is 28.8 Å². The van der Waals surface area contributed by atoms with Gasteiger partial charge in [0.2, 0.25) is 11.8 Å². The SMILES string of the molecule is CC1(C)NCC(=O)N(Cc2ccc(I)cc2)C1=O. The minimum Gasteiger partial charge on any atom is -0.295 e. The lowest BCUT2D eigenvalue weighted by atomic mass is 10.00. The van der Waals surface area contributed by atoms with Crippen molar-refractivity contribution in [2.75, 3.05) is 6.54 Å². The molecule has 1 aliphatic rings. The van der Waals surface area contributed by atoms with Gasteiger partial charge in [0, 0.05) is 3.57 Å². The quantitative estimate of drug-likeness (QED) is 0.645. The van der Waals surface area contributed by atoms with Crippen LogP contribution >= 0.6 is 22.6 Å². The van der Waals surface area contributed by atoms with Gasteiger partial charge in [0.25, 0.3) is 0 Å². The molecule has 2 amide bonds. The van der Waals surface area contributed by atoms with Crippen LogP contribution in [0, 0.1) is 3.57 Å². The Morgan fingerprint density at radius 2 is 1.89 bits per heavy atom. The molecule has 4 nitrogen and oxygen atoms in total. The molecular weight excluding hydrogens is 343 g/mol. The molecule has 0 bridgehead atoms. The summed E-state index contributed by atoms with van der Waals surface area (Å²) < 4.78 is 1.13. The molecule has 0 spiro atoms. The minimum atomic E-state index is -0.670. The second kappa shape index (κ2) is 4.97. The highest BCUT2D eigenvalue weighted by atomic mass is 127. The van der Waals surface area contributed by atoms with Crippen molar-refractivity contribution in [3.8, 4) is 0 Å². The highest BCUT2D eigenvalue weighted by molar-refractivity contribution is 14.1. The number of nitrogens with zero attached hydrogens (tertiary/aromatic N) is 1. The number of imide groups is 1. The van der Waals surface area contributed by atoms with Crippen molar-refractivity contribution >= 4 is 34.4 Å². The number of benzene rings is 1. The molecule has 1 N–H and O–H groups in total. The molecule has 1 aromatic carbocycles. The largest absolute Gasteiger partial charge is 0.295 e. The molecule has 0 saturated carbocycles. The average molecular weight is 358 g/mol. The highest BCUT2D eigenvalue weighted by Gasteiger charge is 2.39. The molecule has 5 heteroatoms. The van der Waals surface area contributed by atoms with Crippen molar-refractivity contribution in [3.63, 3.8) is 0 Å². The van der Waals surface area contributed by atoms with Gasteiger partial charge in [0.15, 0.2) is 0 Å². The van der Waals surface area contributed by atoms with E-state index in [1.54, 1.807) is 13.8 Å². The first-order chi connectivity index (χ1) is 8.40. The number of halogens is 1. The van der Waals surface area contributed by atoms with Crippen molar-refractivity contribution in [2.24, 2.45) is 0 Å². The molecule has 1 aromatic rings. The summed E-state index contributed by atoms with van der Waals surface area (Å²) >= 11 is 2.22. The highest BCUT2D eigenvalue weighted by Crippen LogP contribution is 2.17. The fourth-order valence-electron chi connectivity index (χ4n) is 1.85. The predicted octanol–water partition coefficient (Wildman–Crippen LogP) is 1.53. The van der Waals surface area contributed by atoms with Crippen molar-refractivity contribution < 1.29 is 9.59 Å². The number of nitrogens with one attached hydrogen (secondary N) is 1. The van der Waals surface area contributed by atoms with Crippen molar-refractivity contribution in [2.45, 2.75) is 25.9 Å². The summed E-state index contributed by atoms with van der Waals surface area (Å²) in [5.74, 6) is -0.338. The number of hydrogen-bond donors (Lipinski definition) is 1. The number of carbonyl (C=O) groups excluding carboxylic acids is 2. The Kier molecular flexibility index (Phi) is 3.72. The van der Waals surface area contributed by atoms with Crippen LogP contribution < -0.4 is 5.32 Å². The Balaban J connectivity index is 2.18. The van der Waals surface area contributed by atoms with E-state index in [9.17, 15) is 9.59 Å². The van der Waals surface area contributed by atoms with Gasteiger partial charge in [0.1, 0.15) is 0 Å². The zero-order valence-electron chi connectivity index (χ0n) is 10.4.